The maximum atomic E-state index is 10.5. The highest BCUT2D eigenvalue weighted by Gasteiger charge is 2.43. The van der Waals surface area contributed by atoms with Crippen molar-refractivity contribution in [1.82, 2.24) is 0 Å². The van der Waals surface area contributed by atoms with Gasteiger partial charge in [0.1, 0.15) is 112 Å². The highest BCUT2D eigenvalue weighted by atomic mass is 14.5. The fourth-order valence-electron chi connectivity index (χ4n) is 5.30. The van der Waals surface area contributed by atoms with Crippen molar-refractivity contribution in [1.29, 1.82) is 31.6 Å². The van der Waals surface area contributed by atoms with E-state index in [0.29, 0.717) is 0 Å². The summed E-state index contributed by atoms with van der Waals surface area (Å²) in [6, 6.07) is 11.2. The number of benzene rings is 3. The molecule has 1 aliphatic carbocycles. The summed E-state index contributed by atoms with van der Waals surface area (Å²) in [6.45, 7) is 0. The van der Waals surface area contributed by atoms with E-state index in [-0.39, 0.29) is 132 Å². The Bertz CT molecular complexity index is 2070. The van der Waals surface area contributed by atoms with E-state index in [1.165, 1.54) is 0 Å². The summed E-state index contributed by atoms with van der Waals surface area (Å²) in [4.78, 5) is 0. The Hall–Kier alpha value is -5.40. The van der Waals surface area contributed by atoms with Crippen molar-refractivity contribution in [3.63, 3.8) is 0 Å². The fraction of sp³-hybridized carbons (Fsp3) is 0. The smallest absolute Gasteiger partial charge is 0.114 e. The number of nitrogens with zero attached hydrogens (tertiary/aromatic N) is 6. The highest BCUT2D eigenvalue weighted by Crippen LogP contribution is 2.55. The maximum absolute atomic E-state index is 10.5. The second-order valence-corrected chi connectivity index (χ2v) is 10.1. The number of rotatable bonds is 3. The summed E-state index contributed by atoms with van der Waals surface area (Å²) in [7, 11) is 74.1. The van der Waals surface area contributed by atoms with Gasteiger partial charge in [-0.3, -0.25) is 0 Å². The number of hydrogen-bond donors (Lipinski definition) is 0. The average molecular weight is 574 g/mol. The van der Waals surface area contributed by atoms with E-state index < -0.39 is 0 Å². The molecule has 0 amide bonds. The molecule has 1 fully saturated rings. The Morgan fingerprint density at radius 1 is 0.292 bits per heavy atom. The van der Waals surface area contributed by atoms with Crippen LogP contribution < -0.4 is 65.6 Å². The van der Waals surface area contributed by atoms with Crippen molar-refractivity contribution in [3.8, 4) is 36.4 Å². The molecule has 0 heterocycles. The Morgan fingerprint density at radius 2 is 0.458 bits per heavy atom. The molecule has 1 aliphatic rings. The largest absolute Gasteiger partial charge is 0.192 e. The van der Waals surface area contributed by atoms with Crippen LogP contribution in [0, 0.1) is 68.0 Å². The van der Waals surface area contributed by atoms with Crippen LogP contribution in [0.5, 0.6) is 0 Å². The molecule has 24 radical (unpaired) electrons. The van der Waals surface area contributed by atoms with E-state index in [1.807, 2.05) is 18.2 Å². The first-order chi connectivity index (χ1) is 22.6. The van der Waals surface area contributed by atoms with Gasteiger partial charge in [-0.15, -0.1) is 0 Å². The van der Waals surface area contributed by atoms with Crippen LogP contribution in [0.3, 0.4) is 0 Å². The van der Waals surface area contributed by atoms with Crippen LogP contribution in [-0.2, 0) is 0 Å². The van der Waals surface area contributed by atoms with Crippen LogP contribution in [-0.4, -0.2) is 94.2 Å². The summed E-state index contributed by atoms with van der Waals surface area (Å²) in [5, 5.41) is 60.3. The SMILES string of the molecule is [B]c1c([B])c(C(C#N)=C2C(=C(C#N)c3c([B])c([B])c(C#N)c([B])c3[B])C2=C(C#N)c2c([B])c([B])c(C#N)c([B])c2[B])c([B])c([B])c1C#N. The minimum absolute atomic E-state index is 0.131. The Kier molecular flexibility index (Phi) is 9.61. The second kappa shape index (κ2) is 13.0. The van der Waals surface area contributed by atoms with Gasteiger partial charge in [0.25, 0.3) is 0 Å². The monoisotopic (exact) mass is 576 g/mol. The molecule has 0 saturated heterocycles. The molecule has 3 aromatic rings. The number of hydrogen-bond acceptors (Lipinski definition) is 6. The lowest BCUT2D eigenvalue weighted by Gasteiger charge is -2.19. The van der Waals surface area contributed by atoms with E-state index in [1.54, 1.807) is 18.2 Å². The molecule has 0 atom stereocenters. The lowest BCUT2D eigenvalue weighted by atomic mass is 9.63. The van der Waals surface area contributed by atoms with Gasteiger partial charge in [-0.2, -0.15) is 31.6 Å². The van der Waals surface area contributed by atoms with Crippen molar-refractivity contribution < 1.29 is 0 Å². The lowest BCUT2D eigenvalue weighted by molar-refractivity contribution is 1.51. The molecule has 0 unspecified atom stereocenters. The number of allylic oxidation sites excluding steroid dienone is 6. The standard InChI is InChI=1S/C30B12N6/c31-19-10(4-46)20(32)26(38)16(25(19)37)7(1-43)13-14(8(2-44)17-27(39)21(33)11(5-47)22(34)28(17)40)15(13)9(3-45)18-29(41)23(35)12(6-48)24(36)30(18)42. The zero-order valence-electron chi connectivity index (χ0n) is 24.6. The predicted octanol–water partition coefficient (Wildman–Crippen LogP) is -8.93. The van der Waals surface area contributed by atoms with Crippen molar-refractivity contribution in [2.45, 2.75) is 0 Å². The van der Waals surface area contributed by atoms with Crippen molar-refractivity contribution in [3.05, 3.63) is 50.1 Å². The van der Waals surface area contributed by atoms with Gasteiger partial charge in [0.05, 0.1) is 34.9 Å². The molecular formula is C30B12N6. The summed E-state index contributed by atoms with van der Waals surface area (Å²) in [6.07, 6.45) is 0. The van der Waals surface area contributed by atoms with Crippen LogP contribution in [0.25, 0.3) is 16.7 Å². The zero-order valence-corrected chi connectivity index (χ0v) is 24.6. The van der Waals surface area contributed by atoms with E-state index in [9.17, 15) is 31.6 Å². The number of nitriles is 6. The topological polar surface area (TPSA) is 143 Å². The van der Waals surface area contributed by atoms with Crippen LogP contribution in [0.2, 0.25) is 0 Å². The van der Waals surface area contributed by atoms with Crippen LogP contribution in [0.15, 0.2) is 16.7 Å². The van der Waals surface area contributed by atoms with Gasteiger partial charge in [-0.25, -0.2) is 0 Å². The predicted molar refractivity (Wildman–Crippen MR) is 196 cm³/mol. The third kappa shape index (κ3) is 5.02. The maximum Gasteiger partial charge on any atom is 0.114 e. The van der Waals surface area contributed by atoms with E-state index in [0.717, 1.165) is 0 Å². The lowest BCUT2D eigenvalue weighted by Crippen LogP contribution is -2.46. The molecule has 0 spiro atoms. The molecule has 18 heteroatoms. The Labute approximate surface area is 293 Å². The van der Waals surface area contributed by atoms with Gasteiger partial charge in [-0.1, -0.05) is 65.6 Å². The molecule has 0 N–H and O–H groups in total. The van der Waals surface area contributed by atoms with E-state index >= 15 is 0 Å². The minimum Gasteiger partial charge on any atom is -0.192 e. The first-order valence-electron chi connectivity index (χ1n) is 13.1. The summed E-state index contributed by atoms with van der Waals surface area (Å²) < 4.78 is 0. The summed E-state index contributed by atoms with van der Waals surface area (Å²) in [5.74, 6) is 0. The molecule has 0 bridgehead atoms. The van der Waals surface area contributed by atoms with Crippen LogP contribution in [0.4, 0.5) is 0 Å². The minimum atomic E-state index is -0.364. The molecule has 4 rings (SSSR count). The Morgan fingerprint density at radius 3 is 0.583 bits per heavy atom. The third-order valence-electron chi connectivity index (χ3n) is 7.83. The second-order valence-electron chi connectivity index (χ2n) is 10.1. The molecule has 0 aliphatic heterocycles. The molecular weight excluding hydrogens is 574 g/mol. The van der Waals surface area contributed by atoms with Gasteiger partial charge >= 0.3 is 0 Å². The Balaban J connectivity index is 2.38. The molecule has 6 nitrogen and oxygen atoms in total. The zero-order chi connectivity index (χ0) is 36.1. The van der Waals surface area contributed by atoms with E-state index in [2.05, 4.69) is 0 Å². The van der Waals surface area contributed by atoms with Crippen LogP contribution in [0.1, 0.15) is 33.4 Å². The molecule has 0 aromatic heterocycles. The summed E-state index contributed by atoms with van der Waals surface area (Å²) in [5.41, 5.74) is -6.63. The van der Waals surface area contributed by atoms with Gasteiger partial charge in [0.2, 0.25) is 0 Å². The normalized spacial score (nSPS) is 11.2. The van der Waals surface area contributed by atoms with Crippen LogP contribution >= 0.6 is 0 Å². The van der Waals surface area contributed by atoms with Crippen molar-refractivity contribution in [2.75, 3.05) is 0 Å². The van der Waals surface area contributed by atoms with Gasteiger partial charge in [-0.05, 0) is 16.7 Å². The first kappa shape index (κ1) is 35.5. The third-order valence-corrected chi connectivity index (χ3v) is 7.83. The van der Waals surface area contributed by atoms with E-state index in [4.69, 9.17) is 94.2 Å². The molecule has 186 valence electrons. The van der Waals surface area contributed by atoms with Gasteiger partial charge < -0.3 is 0 Å². The van der Waals surface area contributed by atoms with Gasteiger partial charge in [0, 0.05) is 33.4 Å². The van der Waals surface area contributed by atoms with Crippen molar-refractivity contribution >= 4 is 176 Å². The fourth-order valence-corrected chi connectivity index (χ4v) is 5.30. The average Bonchev–Trinajstić information content (AvgIpc) is 3.78. The first-order valence-corrected chi connectivity index (χ1v) is 13.1. The van der Waals surface area contributed by atoms with Crippen molar-refractivity contribution in [2.24, 2.45) is 0 Å². The summed E-state index contributed by atoms with van der Waals surface area (Å²) >= 11 is 0. The quantitative estimate of drug-likeness (QED) is 0.225. The van der Waals surface area contributed by atoms with Gasteiger partial charge in [0.15, 0.2) is 0 Å². The molecule has 48 heavy (non-hydrogen) atoms. The molecule has 1 saturated carbocycles. The highest BCUT2D eigenvalue weighted by molar-refractivity contribution is 6.62. The molecule has 3 aromatic carbocycles.